The number of benzene rings is 1. The number of carbonyl (C=O) groups excluding carboxylic acids is 2. The molecule has 0 fully saturated rings. The number of nitrogens with one attached hydrogen (secondary N) is 1. The molecule has 3 heterocycles. The van der Waals surface area contributed by atoms with Crippen LogP contribution in [0.4, 0.5) is 4.39 Å². The van der Waals surface area contributed by atoms with Crippen molar-refractivity contribution < 1.29 is 14.0 Å². The number of nitrogens with zero attached hydrogens (tertiary/aromatic N) is 3. The molecule has 0 bridgehead atoms. The molecule has 2 aliphatic heterocycles. The predicted molar refractivity (Wildman–Crippen MR) is 122 cm³/mol. The van der Waals surface area contributed by atoms with Crippen molar-refractivity contribution in [2.24, 2.45) is 5.92 Å². The van der Waals surface area contributed by atoms with Gasteiger partial charge in [-0.2, -0.15) is 0 Å². The first-order chi connectivity index (χ1) is 15.8. The van der Waals surface area contributed by atoms with Gasteiger partial charge in [-0.25, -0.2) is 9.37 Å². The summed E-state index contributed by atoms with van der Waals surface area (Å²) >= 11 is 0. The summed E-state index contributed by atoms with van der Waals surface area (Å²) in [4.78, 5) is 44.9. The van der Waals surface area contributed by atoms with E-state index in [0.717, 1.165) is 30.8 Å². The molecule has 4 rings (SSSR count). The molecule has 1 aromatic heterocycles. The maximum absolute atomic E-state index is 13.5. The van der Waals surface area contributed by atoms with Crippen molar-refractivity contribution in [2.45, 2.75) is 65.0 Å². The van der Waals surface area contributed by atoms with Crippen molar-refractivity contribution in [3.05, 3.63) is 63.1 Å². The quantitative estimate of drug-likeness (QED) is 0.727. The lowest BCUT2D eigenvalue weighted by Gasteiger charge is -2.32. The van der Waals surface area contributed by atoms with Crippen molar-refractivity contribution in [1.29, 1.82) is 0 Å². The number of hydrogen-bond acceptors (Lipinski definition) is 4. The molecule has 1 aromatic carbocycles. The average Bonchev–Trinajstić information content (AvgIpc) is 2.77. The third-order valence-electron chi connectivity index (χ3n) is 6.36. The van der Waals surface area contributed by atoms with Gasteiger partial charge in [-0.3, -0.25) is 19.0 Å². The fourth-order valence-corrected chi connectivity index (χ4v) is 4.73. The highest BCUT2D eigenvalue weighted by molar-refractivity contribution is 5.79. The topological polar surface area (TPSA) is 84.3 Å². The lowest BCUT2D eigenvalue weighted by atomic mass is 10.00. The van der Waals surface area contributed by atoms with E-state index in [-0.39, 0.29) is 48.1 Å². The van der Waals surface area contributed by atoms with E-state index in [4.69, 9.17) is 4.98 Å². The molecule has 2 aromatic rings. The molecular weight excluding hydrogens is 423 g/mol. The minimum absolute atomic E-state index is 0.00906. The number of rotatable bonds is 6. The summed E-state index contributed by atoms with van der Waals surface area (Å²) in [7, 11) is 0. The van der Waals surface area contributed by atoms with E-state index in [0.29, 0.717) is 37.1 Å². The Morgan fingerprint density at radius 2 is 2.09 bits per heavy atom. The molecule has 7 nitrogen and oxygen atoms in total. The molecule has 1 N–H and O–H groups in total. The van der Waals surface area contributed by atoms with Crippen LogP contribution < -0.4 is 10.9 Å². The highest BCUT2D eigenvalue weighted by Gasteiger charge is 2.30. The van der Waals surface area contributed by atoms with Gasteiger partial charge >= 0.3 is 0 Å². The van der Waals surface area contributed by atoms with Crippen molar-refractivity contribution in [3.8, 4) is 0 Å². The Hall–Kier alpha value is -3.03. The second kappa shape index (κ2) is 9.85. The third-order valence-corrected chi connectivity index (χ3v) is 6.36. The van der Waals surface area contributed by atoms with Gasteiger partial charge in [0, 0.05) is 32.4 Å². The van der Waals surface area contributed by atoms with Crippen LogP contribution in [0.2, 0.25) is 0 Å². The zero-order valence-electron chi connectivity index (χ0n) is 19.3. The van der Waals surface area contributed by atoms with Crippen LogP contribution in [-0.2, 0) is 35.4 Å². The standard InChI is InChI=1S/C25H31FN4O3/c1-16(2)11-23(31)27-14-19-7-4-8-22-28-21-9-10-29(15-20(21)25(33)30(19)22)24(32)13-17-5-3-6-18(26)12-17/h3,5-6,12,16,19H,4,7-11,13-15H2,1-2H3,(H,27,31)/t19-/m0/s1. The van der Waals surface area contributed by atoms with Crippen LogP contribution in [-0.4, -0.2) is 39.4 Å². The highest BCUT2D eigenvalue weighted by atomic mass is 19.1. The Morgan fingerprint density at radius 1 is 1.27 bits per heavy atom. The van der Waals surface area contributed by atoms with E-state index in [9.17, 15) is 18.8 Å². The van der Waals surface area contributed by atoms with Crippen molar-refractivity contribution in [2.75, 3.05) is 13.1 Å². The van der Waals surface area contributed by atoms with Crippen LogP contribution in [0.25, 0.3) is 0 Å². The van der Waals surface area contributed by atoms with E-state index in [1.165, 1.54) is 12.1 Å². The van der Waals surface area contributed by atoms with E-state index >= 15 is 0 Å². The summed E-state index contributed by atoms with van der Waals surface area (Å²) in [6, 6.07) is 5.90. The molecular formula is C25H31FN4O3. The van der Waals surface area contributed by atoms with Crippen LogP contribution in [0.15, 0.2) is 29.1 Å². The maximum Gasteiger partial charge on any atom is 0.259 e. The molecule has 0 unspecified atom stereocenters. The molecule has 0 saturated heterocycles. The van der Waals surface area contributed by atoms with E-state index < -0.39 is 0 Å². The number of hydrogen-bond donors (Lipinski definition) is 1. The molecule has 2 aliphatic rings. The Morgan fingerprint density at radius 3 is 2.85 bits per heavy atom. The Labute approximate surface area is 193 Å². The summed E-state index contributed by atoms with van der Waals surface area (Å²) in [5, 5.41) is 2.97. The lowest BCUT2D eigenvalue weighted by molar-refractivity contribution is -0.131. The van der Waals surface area contributed by atoms with Crippen molar-refractivity contribution in [1.82, 2.24) is 19.8 Å². The van der Waals surface area contributed by atoms with Crippen molar-refractivity contribution in [3.63, 3.8) is 0 Å². The summed E-state index contributed by atoms with van der Waals surface area (Å²) in [6.07, 6.45) is 3.55. The van der Waals surface area contributed by atoms with Crippen LogP contribution in [0.5, 0.6) is 0 Å². The number of amides is 2. The van der Waals surface area contributed by atoms with Gasteiger partial charge in [0.2, 0.25) is 11.8 Å². The number of carbonyl (C=O) groups is 2. The molecule has 0 radical (unpaired) electrons. The van der Waals surface area contributed by atoms with Crippen molar-refractivity contribution >= 4 is 11.8 Å². The van der Waals surface area contributed by atoms with E-state index in [2.05, 4.69) is 5.32 Å². The van der Waals surface area contributed by atoms with E-state index in [1.54, 1.807) is 21.6 Å². The Kier molecular flexibility index (Phi) is 6.91. The summed E-state index contributed by atoms with van der Waals surface area (Å²) < 4.78 is 15.2. The first-order valence-corrected chi connectivity index (χ1v) is 11.7. The van der Waals surface area contributed by atoms with Gasteiger partial charge in [0.25, 0.3) is 5.56 Å². The van der Waals surface area contributed by atoms with Gasteiger partial charge in [0.15, 0.2) is 0 Å². The first-order valence-electron chi connectivity index (χ1n) is 11.7. The van der Waals surface area contributed by atoms with Gasteiger partial charge in [0.1, 0.15) is 11.6 Å². The second-order valence-electron chi connectivity index (χ2n) is 9.45. The van der Waals surface area contributed by atoms with Gasteiger partial charge in [-0.05, 0) is 36.5 Å². The number of fused-ring (bicyclic) bond motifs is 2. The Bertz CT molecular complexity index is 1110. The lowest BCUT2D eigenvalue weighted by Crippen LogP contribution is -2.45. The smallest absolute Gasteiger partial charge is 0.259 e. The molecule has 0 spiro atoms. The predicted octanol–water partition coefficient (Wildman–Crippen LogP) is 2.55. The molecule has 1 atom stereocenters. The minimum Gasteiger partial charge on any atom is -0.354 e. The number of halogens is 1. The third kappa shape index (κ3) is 5.31. The van der Waals surface area contributed by atoms with Gasteiger partial charge in [0.05, 0.1) is 30.3 Å². The zero-order chi connectivity index (χ0) is 23.5. The van der Waals surface area contributed by atoms with Gasteiger partial charge in [-0.15, -0.1) is 0 Å². The molecule has 2 amide bonds. The van der Waals surface area contributed by atoms with Crippen LogP contribution in [0.3, 0.4) is 0 Å². The molecule has 0 aliphatic carbocycles. The zero-order valence-corrected chi connectivity index (χ0v) is 19.3. The van der Waals surface area contributed by atoms with Gasteiger partial charge in [-0.1, -0.05) is 26.0 Å². The molecule has 176 valence electrons. The van der Waals surface area contributed by atoms with Crippen LogP contribution in [0, 0.1) is 11.7 Å². The molecule has 33 heavy (non-hydrogen) atoms. The average molecular weight is 455 g/mol. The minimum atomic E-state index is -0.370. The number of aromatic nitrogens is 2. The monoisotopic (exact) mass is 454 g/mol. The SMILES string of the molecule is CC(C)CC(=O)NC[C@@H]1CCCc2nc3c(c(=O)n21)CN(C(=O)Cc1cccc(F)c1)CC3. The Balaban J connectivity index is 1.52. The number of aryl methyl sites for hydroxylation is 1. The second-order valence-corrected chi connectivity index (χ2v) is 9.45. The maximum atomic E-state index is 13.5. The first kappa shape index (κ1) is 23.1. The highest BCUT2D eigenvalue weighted by Crippen LogP contribution is 2.24. The largest absolute Gasteiger partial charge is 0.354 e. The summed E-state index contributed by atoms with van der Waals surface area (Å²) in [5.41, 5.74) is 1.83. The normalized spacial score (nSPS) is 17.5. The summed E-state index contributed by atoms with van der Waals surface area (Å²) in [5.74, 6) is 0.532. The molecule has 0 saturated carbocycles. The van der Waals surface area contributed by atoms with Gasteiger partial charge < -0.3 is 10.2 Å². The molecule has 8 heteroatoms. The fourth-order valence-electron chi connectivity index (χ4n) is 4.73. The van der Waals surface area contributed by atoms with E-state index in [1.807, 2.05) is 13.8 Å². The fraction of sp³-hybridized carbons (Fsp3) is 0.520. The van der Waals surface area contributed by atoms with Crippen LogP contribution >= 0.6 is 0 Å². The van der Waals surface area contributed by atoms with Crippen LogP contribution in [0.1, 0.15) is 61.8 Å². The summed E-state index contributed by atoms with van der Waals surface area (Å²) in [6.45, 7) is 5.10.